The Morgan fingerprint density at radius 1 is 1.44 bits per heavy atom. The first-order valence-corrected chi connectivity index (χ1v) is 7.44. The average molecular weight is 249 g/mol. The fraction of sp³-hybridized carbons (Fsp3) is 1.00. The summed E-state index contributed by atoms with van der Waals surface area (Å²) in [7, 11) is -1.18. The van der Waals surface area contributed by atoms with Crippen LogP contribution in [0.3, 0.4) is 0 Å². The molecule has 0 aliphatic carbocycles. The predicted molar refractivity (Wildman–Crippen MR) is 65.7 cm³/mol. The molecule has 0 aromatic rings. The molecule has 0 spiro atoms. The van der Waals surface area contributed by atoms with Crippen molar-refractivity contribution in [3.8, 4) is 0 Å². The van der Waals surface area contributed by atoms with Crippen molar-refractivity contribution in [3.63, 3.8) is 0 Å². The van der Waals surface area contributed by atoms with E-state index in [2.05, 4.69) is 16.7 Å². The third-order valence-corrected chi connectivity index (χ3v) is 5.27. The van der Waals surface area contributed by atoms with E-state index in [1.807, 2.05) is 6.92 Å². The lowest BCUT2D eigenvalue weighted by Gasteiger charge is -2.30. The molecule has 0 aromatic heterocycles. The van der Waals surface area contributed by atoms with Crippen LogP contribution in [0.25, 0.3) is 0 Å². The Morgan fingerprint density at radius 2 is 2.00 bits per heavy atom. The molecular weight excluding hydrogens is 226 g/mol. The molecule has 0 amide bonds. The maximum absolute atomic E-state index is 11.9. The van der Waals surface area contributed by atoms with Gasteiger partial charge in [-0.05, 0) is 39.4 Å². The number of rotatable bonds is 5. The van der Waals surface area contributed by atoms with E-state index in [-0.39, 0.29) is 12.6 Å². The highest BCUT2D eigenvalue weighted by atomic mass is 32.2. The number of likely N-dealkylation sites (tertiary alicyclic amines) is 1. The maximum atomic E-state index is 11.9. The number of sulfonamides is 1. The summed E-state index contributed by atoms with van der Waals surface area (Å²) in [6, 6.07) is 0.0850. The molecule has 5 nitrogen and oxygen atoms in total. The van der Waals surface area contributed by atoms with Crippen LogP contribution >= 0.6 is 0 Å². The van der Waals surface area contributed by atoms with Gasteiger partial charge in [-0.25, -0.2) is 13.1 Å². The summed E-state index contributed by atoms with van der Waals surface area (Å²) < 4.78 is 26.7. The summed E-state index contributed by atoms with van der Waals surface area (Å²) in [5.74, 6) is 0. The first kappa shape index (κ1) is 13.9. The highest BCUT2D eigenvalue weighted by Gasteiger charge is 2.27. The summed E-state index contributed by atoms with van der Waals surface area (Å²) in [6.45, 7) is 3.95. The monoisotopic (exact) mass is 249 g/mol. The molecule has 1 heterocycles. The minimum absolute atomic E-state index is 0.0850. The summed E-state index contributed by atoms with van der Waals surface area (Å²) in [5.41, 5.74) is 5.47. The zero-order valence-corrected chi connectivity index (χ0v) is 11.0. The molecule has 3 N–H and O–H groups in total. The van der Waals surface area contributed by atoms with Crippen molar-refractivity contribution < 1.29 is 8.42 Å². The van der Waals surface area contributed by atoms with Crippen LogP contribution in [0.4, 0.5) is 0 Å². The number of piperidine rings is 1. The van der Waals surface area contributed by atoms with Crippen molar-refractivity contribution in [1.82, 2.24) is 9.62 Å². The van der Waals surface area contributed by atoms with Crippen molar-refractivity contribution in [2.24, 2.45) is 5.73 Å². The van der Waals surface area contributed by atoms with E-state index in [0.29, 0.717) is 6.42 Å². The number of hydrogen-bond donors (Lipinski definition) is 2. The van der Waals surface area contributed by atoms with Gasteiger partial charge in [0.15, 0.2) is 0 Å². The Bertz CT molecular complexity index is 293. The SMILES string of the molecule is CCC(CN)S(=O)(=O)NC1CCN(C)CC1. The van der Waals surface area contributed by atoms with Crippen LogP contribution < -0.4 is 10.5 Å². The fourth-order valence-electron chi connectivity index (χ4n) is 1.97. The summed E-state index contributed by atoms with van der Waals surface area (Å²) in [4.78, 5) is 2.21. The van der Waals surface area contributed by atoms with Crippen molar-refractivity contribution >= 4 is 10.0 Å². The van der Waals surface area contributed by atoms with Gasteiger partial charge >= 0.3 is 0 Å². The molecular formula is C10H23N3O2S. The van der Waals surface area contributed by atoms with Crippen LogP contribution in [-0.2, 0) is 10.0 Å². The van der Waals surface area contributed by atoms with Crippen molar-refractivity contribution in [1.29, 1.82) is 0 Å². The van der Waals surface area contributed by atoms with Crippen molar-refractivity contribution in [3.05, 3.63) is 0 Å². The van der Waals surface area contributed by atoms with Crippen LogP contribution in [0.15, 0.2) is 0 Å². The Labute approximate surface area is 98.4 Å². The van der Waals surface area contributed by atoms with E-state index in [4.69, 9.17) is 5.73 Å². The van der Waals surface area contributed by atoms with Gasteiger partial charge in [-0.1, -0.05) is 6.92 Å². The molecule has 0 aromatic carbocycles. The second-order valence-electron chi connectivity index (χ2n) is 4.51. The van der Waals surface area contributed by atoms with Gasteiger partial charge in [0.2, 0.25) is 10.0 Å². The molecule has 1 rings (SSSR count). The zero-order valence-electron chi connectivity index (χ0n) is 10.1. The molecule has 96 valence electrons. The molecule has 0 saturated carbocycles. The molecule has 1 aliphatic rings. The molecule has 16 heavy (non-hydrogen) atoms. The third-order valence-electron chi connectivity index (χ3n) is 3.21. The van der Waals surface area contributed by atoms with E-state index in [0.717, 1.165) is 25.9 Å². The molecule has 0 radical (unpaired) electrons. The van der Waals surface area contributed by atoms with Crippen LogP contribution in [-0.4, -0.2) is 51.3 Å². The van der Waals surface area contributed by atoms with E-state index in [9.17, 15) is 8.42 Å². The Kier molecular flexibility index (Phi) is 5.17. The normalized spacial score (nSPS) is 22.2. The number of nitrogens with one attached hydrogen (secondary N) is 1. The zero-order chi connectivity index (χ0) is 12.2. The molecule has 1 saturated heterocycles. The number of nitrogens with two attached hydrogens (primary N) is 1. The van der Waals surface area contributed by atoms with Gasteiger partial charge in [-0.15, -0.1) is 0 Å². The van der Waals surface area contributed by atoms with E-state index in [1.165, 1.54) is 0 Å². The second-order valence-corrected chi connectivity index (χ2v) is 6.50. The van der Waals surface area contributed by atoms with Gasteiger partial charge in [0.05, 0.1) is 5.25 Å². The van der Waals surface area contributed by atoms with Gasteiger partial charge in [-0.2, -0.15) is 0 Å². The Balaban J connectivity index is 2.52. The number of nitrogens with zero attached hydrogens (tertiary/aromatic N) is 1. The summed E-state index contributed by atoms with van der Waals surface area (Å²) >= 11 is 0. The molecule has 1 atom stereocenters. The van der Waals surface area contributed by atoms with Crippen molar-refractivity contribution in [2.75, 3.05) is 26.7 Å². The highest BCUT2D eigenvalue weighted by molar-refractivity contribution is 7.90. The first-order chi connectivity index (χ1) is 7.49. The van der Waals surface area contributed by atoms with E-state index in [1.54, 1.807) is 0 Å². The van der Waals surface area contributed by atoms with Gasteiger partial charge in [-0.3, -0.25) is 0 Å². The topological polar surface area (TPSA) is 75.4 Å². The van der Waals surface area contributed by atoms with Gasteiger partial charge in [0, 0.05) is 12.6 Å². The minimum Gasteiger partial charge on any atom is -0.329 e. The average Bonchev–Trinajstić information content (AvgIpc) is 2.22. The number of hydrogen-bond acceptors (Lipinski definition) is 4. The fourth-order valence-corrected chi connectivity index (χ4v) is 3.55. The molecule has 1 unspecified atom stereocenters. The van der Waals surface area contributed by atoms with E-state index >= 15 is 0 Å². The van der Waals surface area contributed by atoms with Gasteiger partial charge < -0.3 is 10.6 Å². The minimum atomic E-state index is -3.23. The summed E-state index contributed by atoms with van der Waals surface area (Å²) in [6.07, 6.45) is 2.34. The molecule has 1 fully saturated rings. The second kappa shape index (κ2) is 5.95. The van der Waals surface area contributed by atoms with E-state index < -0.39 is 15.3 Å². The predicted octanol–water partition coefficient (Wildman–Crippen LogP) is -0.263. The summed E-state index contributed by atoms with van der Waals surface area (Å²) in [5, 5.41) is -0.452. The molecule has 0 bridgehead atoms. The maximum Gasteiger partial charge on any atom is 0.215 e. The standard InChI is InChI=1S/C10H23N3O2S/c1-3-10(8-11)16(14,15)12-9-4-6-13(2)7-5-9/h9-10,12H,3-8,11H2,1-2H3. The van der Waals surface area contributed by atoms with Gasteiger partial charge in [0.1, 0.15) is 0 Å². The Hall–Kier alpha value is -0.170. The third kappa shape index (κ3) is 3.69. The quantitative estimate of drug-likeness (QED) is 0.704. The Morgan fingerprint density at radius 3 is 2.44 bits per heavy atom. The van der Waals surface area contributed by atoms with Crippen LogP contribution in [0.5, 0.6) is 0 Å². The van der Waals surface area contributed by atoms with Crippen molar-refractivity contribution in [2.45, 2.75) is 37.5 Å². The largest absolute Gasteiger partial charge is 0.329 e. The lowest BCUT2D eigenvalue weighted by Crippen LogP contribution is -2.47. The van der Waals surface area contributed by atoms with Crippen LogP contribution in [0, 0.1) is 0 Å². The molecule has 6 heteroatoms. The van der Waals surface area contributed by atoms with Gasteiger partial charge in [0.25, 0.3) is 0 Å². The first-order valence-electron chi connectivity index (χ1n) is 5.89. The van der Waals surface area contributed by atoms with Crippen LogP contribution in [0.1, 0.15) is 26.2 Å². The lowest BCUT2D eigenvalue weighted by molar-refractivity contribution is 0.248. The highest BCUT2D eigenvalue weighted by Crippen LogP contribution is 2.12. The molecule has 1 aliphatic heterocycles. The lowest BCUT2D eigenvalue weighted by atomic mass is 10.1. The smallest absolute Gasteiger partial charge is 0.215 e. The van der Waals surface area contributed by atoms with Crippen LogP contribution in [0.2, 0.25) is 0 Å².